The number of esters is 1. The molecule has 0 aromatic heterocycles. The zero-order chi connectivity index (χ0) is 19.1. The smallest absolute Gasteiger partial charge is 0.351 e. The van der Waals surface area contributed by atoms with Gasteiger partial charge in [-0.3, -0.25) is 0 Å². The first-order chi connectivity index (χ1) is 12.3. The van der Waals surface area contributed by atoms with Crippen molar-refractivity contribution in [1.29, 1.82) is 0 Å². The summed E-state index contributed by atoms with van der Waals surface area (Å²) in [5.74, 6) is -1.21. The number of rotatable bonds is 3. The van der Waals surface area contributed by atoms with Gasteiger partial charge in [-0.15, -0.1) is 0 Å². The third kappa shape index (κ3) is 2.99. The average Bonchev–Trinajstić information content (AvgIpc) is 2.61. The Labute approximate surface area is 151 Å². The number of sulfone groups is 1. The summed E-state index contributed by atoms with van der Waals surface area (Å²) < 4.78 is 43.8. The summed E-state index contributed by atoms with van der Waals surface area (Å²) in [4.78, 5) is 12.9. The van der Waals surface area contributed by atoms with Crippen molar-refractivity contribution in [1.82, 2.24) is 0 Å². The molecule has 0 aliphatic carbocycles. The van der Waals surface area contributed by atoms with E-state index in [9.17, 15) is 17.6 Å². The minimum absolute atomic E-state index is 0.144. The van der Waals surface area contributed by atoms with Crippen molar-refractivity contribution in [2.24, 2.45) is 0 Å². The summed E-state index contributed by atoms with van der Waals surface area (Å²) in [6, 6.07) is 10.8. The van der Waals surface area contributed by atoms with E-state index >= 15 is 0 Å². The zero-order valence-corrected chi connectivity index (χ0v) is 15.4. The Morgan fingerprint density at radius 1 is 1.12 bits per heavy atom. The van der Waals surface area contributed by atoms with Gasteiger partial charge in [-0.2, -0.15) is 0 Å². The van der Waals surface area contributed by atoms with Gasteiger partial charge >= 0.3 is 5.97 Å². The number of methoxy groups -OCH3 is 1. The van der Waals surface area contributed by atoms with Crippen LogP contribution in [0.15, 0.2) is 58.5 Å². The molecule has 3 rings (SSSR count). The highest BCUT2D eigenvalue weighted by atomic mass is 32.2. The van der Waals surface area contributed by atoms with Crippen LogP contribution in [0.3, 0.4) is 0 Å². The predicted molar refractivity (Wildman–Crippen MR) is 96.4 cm³/mol. The van der Waals surface area contributed by atoms with Gasteiger partial charge in [0.2, 0.25) is 9.84 Å². The van der Waals surface area contributed by atoms with Gasteiger partial charge in [0.15, 0.2) is 4.91 Å². The van der Waals surface area contributed by atoms with Crippen LogP contribution < -0.4 is 4.90 Å². The summed E-state index contributed by atoms with van der Waals surface area (Å²) in [6.07, 6.45) is 1.17. The molecule has 0 atom stereocenters. The number of nitrogens with zero attached hydrogens (tertiary/aromatic N) is 1. The maximum absolute atomic E-state index is 13.8. The Bertz CT molecular complexity index is 995. The highest BCUT2D eigenvalue weighted by Gasteiger charge is 2.36. The van der Waals surface area contributed by atoms with E-state index in [4.69, 9.17) is 0 Å². The molecule has 0 amide bonds. The van der Waals surface area contributed by atoms with E-state index in [0.717, 1.165) is 30.9 Å². The molecule has 136 valence electrons. The van der Waals surface area contributed by atoms with Crippen LogP contribution >= 0.6 is 0 Å². The van der Waals surface area contributed by atoms with E-state index in [2.05, 4.69) is 18.6 Å². The van der Waals surface area contributed by atoms with Crippen molar-refractivity contribution >= 4 is 27.2 Å². The number of anilines is 2. The van der Waals surface area contributed by atoms with Gasteiger partial charge in [0.25, 0.3) is 0 Å². The van der Waals surface area contributed by atoms with Gasteiger partial charge < -0.3 is 9.64 Å². The molecule has 2 aromatic carbocycles. The highest BCUT2D eigenvalue weighted by molar-refractivity contribution is 7.96. The molecule has 1 heterocycles. The Kier molecular flexibility index (Phi) is 4.58. The first-order valence-corrected chi connectivity index (χ1v) is 9.48. The summed E-state index contributed by atoms with van der Waals surface area (Å²) in [6.45, 7) is 4.12. The van der Waals surface area contributed by atoms with Gasteiger partial charge in [-0.1, -0.05) is 26.0 Å². The molecule has 0 N–H and O–H groups in total. The van der Waals surface area contributed by atoms with Gasteiger partial charge in [-0.25, -0.2) is 17.6 Å². The summed E-state index contributed by atoms with van der Waals surface area (Å²) in [7, 11) is -2.98. The van der Waals surface area contributed by atoms with Crippen LogP contribution in [0.1, 0.15) is 25.3 Å². The Balaban J connectivity index is 2.22. The first kappa shape index (κ1) is 18.1. The first-order valence-electron chi connectivity index (χ1n) is 7.99. The van der Waals surface area contributed by atoms with Gasteiger partial charge in [-0.05, 0) is 41.8 Å². The molecule has 0 unspecified atom stereocenters. The monoisotopic (exact) mass is 375 g/mol. The van der Waals surface area contributed by atoms with Crippen molar-refractivity contribution < 1.29 is 22.3 Å². The minimum atomic E-state index is -4.10. The maximum atomic E-state index is 13.8. The lowest BCUT2D eigenvalue weighted by Crippen LogP contribution is -2.26. The molecule has 0 saturated heterocycles. The molecule has 5 nitrogen and oxygen atoms in total. The van der Waals surface area contributed by atoms with E-state index in [1.165, 1.54) is 11.1 Å². The van der Waals surface area contributed by atoms with Gasteiger partial charge in [0.05, 0.1) is 17.7 Å². The van der Waals surface area contributed by atoms with E-state index in [1.54, 1.807) is 12.1 Å². The van der Waals surface area contributed by atoms with Gasteiger partial charge in [0.1, 0.15) is 5.82 Å². The van der Waals surface area contributed by atoms with Crippen LogP contribution in [-0.4, -0.2) is 21.5 Å². The summed E-state index contributed by atoms with van der Waals surface area (Å²) >= 11 is 0. The van der Waals surface area contributed by atoms with E-state index < -0.39 is 26.5 Å². The molecule has 1 aliphatic rings. The number of hydrogen-bond acceptors (Lipinski definition) is 5. The van der Waals surface area contributed by atoms with E-state index in [0.29, 0.717) is 11.6 Å². The number of benzene rings is 2. The maximum Gasteiger partial charge on any atom is 0.351 e. The third-order valence-electron chi connectivity index (χ3n) is 4.23. The molecule has 0 bridgehead atoms. The second-order valence-corrected chi connectivity index (χ2v) is 8.10. The number of hydrogen-bond donors (Lipinski definition) is 0. The summed E-state index contributed by atoms with van der Waals surface area (Å²) in [5.41, 5.74) is 1.86. The van der Waals surface area contributed by atoms with Crippen molar-refractivity contribution in [2.45, 2.75) is 24.7 Å². The number of halogens is 1. The number of ether oxygens (including phenoxy) is 1. The van der Waals surface area contributed by atoms with Crippen LogP contribution in [0.4, 0.5) is 15.8 Å². The molecule has 0 fully saturated rings. The quantitative estimate of drug-likeness (QED) is 0.602. The molecular formula is C19H18FNO4S. The van der Waals surface area contributed by atoms with Crippen LogP contribution in [0, 0.1) is 5.82 Å². The van der Waals surface area contributed by atoms with Crippen molar-refractivity contribution in [3.63, 3.8) is 0 Å². The van der Waals surface area contributed by atoms with Crippen LogP contribution in [0.2, 0.25) is 0 Å². The SMILES string of the molecule is COC(=O)C1=CN(c2ccc(C(C)C)cc2)c2cc(F)ccc2S1(=O)=O. The van der Waals surface area contributed by atoms with Crippen molar-refractivity contribution in [3.05, 3.63) is 65.0 Å². The standard InChI is InChI=1S/C19H18FNO4S/c1-12(2)13-4-7-15(8-5-13)21-11-18(19(22)25-3)26(23,24)17-9-6-14(20)10-16(17)21/h4-12H,1-3H3. The number of carbonyl (C=O) groups excluding carboxylic acids is 1. The predicted octanol–water partition coefficient (Wildman–Crippen LogP) is 3.89. The van der Waals surface area contributed by atoms with Crippen LogP contribution in [0.25, 0.3) is 0 Å². The Morgan fingerprint density at radius 2 is 1.77 bits per heavy atom. The number of fused-ring (bicyclic) bond motifs is 1. The largest absolute Gasteiger partial charge is 0.465 e. The Morgan fingerprint density at radius 3 is 2.35 bits per heavy atom. The van der Waals surface area contributed by atoms with E-state index in [-0.39, 0.29) is 10.6 Å². The molecule has 2 aromatic rings. The fourth-order valence-corrected chi connectivity index (χ4v) is 4.24. The molecule has 0 spiro atoms. The topological polar surface area (TPSA) is 63.7 Å². The fourth-order valence-electron chi connectivity index (χ4n) is 2.78. The lowest BCUT2D eigenvalue weighted by Gasteiger charge is -2.28. The molecule has 0 saturated carbocycles. The Hall–Kier alpha value is -2.67. The zero-order valence-electron chi connectivity index (χ0n) is 14.6. The lowest BCUT2D eigenvalue weighted by atomic mass is 10.0. The fraction of sp³-hybridized carbons (Fsp3) is 0.211. The van der Waals surface area contributed by atoms with E-state index in [1.807, 2.05) is 12.1 Å². The molecule has 26 heavy (non-hydrogen) atoms. The molecule has 7 heteroatoms. The highest BCUT2D eigenvalue weighted by Crippen LogP contribution is 2.40. The lowest BCUT2D eigenvalue weighted by molar-refractivity contribution is -0.135. The molecule has 1 aliphatic heterocycles. The van der Waals surface area contributed by atoms with Gasteiger partial charge in [0, 0.05) is 11.9 Å². The third-order valence-corrected chi connectivity index (χ3v) is 6.01. The van der Waals surface area contributed by atoms with Crippen molar-refractivity contribution in [2.75, 3.05) is 12.0 Å². The summed E-state index contributed by atoms with van der Waals surface area (Å²) in [5, 5.41) is 0. The molecule has 0 radical (unpaired) electrons. The number of carbonyl (C=O) groups is 1. The second-order valence-electron chi connectivity index (χ2n) is 6.22. The normalized spacial score (nSPS) is 15.4. The second kappa shape index (κ2) is 6.57. The van der Waals surface area contributed by atoms with Crippen molar-refractivity contribution in [3.8, 4) is 0 Å². The average molecular weight is 375 g/mol. The minimum Gasteiger partial charge on any atom is -0.465 e. The van der Waals surface area contributed by atoms with Crippen LogP contribution in [-0.2, 0) is 19.4 Å². The van der Waals surface area contributed by atoms with Crippen LogP contribution in [0.5, 0.6) is 0 Å². The molecular weight excluding hydrogens is 357 g/mol.